The fourth-order valence-corrected chi connectivity index (χ4v) is 3.26. The molecule has 8 heteroatoms. The molecule has 2 heterocycles. The van der Waals surface area contributed by atoms with Crippen LogP contribution in [0.4, 0.5) is 0 Å². The normalized spacial score (nSPS) is 10.9. The standard InChI is InChI=1S/C22H19ClN4O3/c1-15-18(21(23)27(25-15)17-10-6-3-7-11-17)14-29-20(28)13-12-19-24-22(26-30-19)16-8-4-2-5-9-16/h2-11H,12-14H2,1H3. The summed E-state index contributed by atoms with van der Waals surface area (Å²) >= 11 is 6.46. The zero-order valence-corrected chi connectivity index (χ0v) is 17.0. The highest BCUT2D eigenvalue weighted by Crippen LogP contribution is 2.24. The van der Waals surface area contributed by atoms with Gasteiger partial charge in [0.25, 0.3) is 0 Å². The SMILES string of the molecule is Cc1nn(-c2ccccc2)c(Cl)c1COC(=O)CCc1nc(-c2ccccc2)no1. The molecule has 0 radical (unpaired) electrons. The summed E-state index contributed by atoms with van der Waals surface area (Å²) in [5.74, 6) is 0.504. The Morgan fingerprint density at radius 3 is 2.53 bits per heavy atom. The third-order valence-electron chi connectivity index (χ3n) is 4.54. The van der Waals surface area contributed by atoms with Gasteiger partial charge in [-0.15, -0.1) is 0 Å². The monoisotopic (exact) mass is 422 g/mol. The molecule has 2 aromatic heterocycles. The van der Waals surface area contributed by atoms with E-state index in [1.165, 1.54) is 0 Å². The van der Waals surface area contributed by atoms with Gasteiger partial charge in [0.15, 0.2) is 0 Å². The Hall–Kier alpha value is -3.45. The van der Waals surface area contributed by atoms with Crippen molar-refractivity contribution >= 4 is 17.6 Å². The lowest BCUT2D eigenvalue weighted by Crippen LogP contribution is -2.06. The average Bonchev–Trinajstić information content (AvgIpc) is 3.37. The molecule has 0 saturated heterocycles. The van der Waals surface area contributed by atoms with E-state index in [-0.39, 0.29) is 19.0 Å². The van der Waals surface area contributed by atoms with E-state index in [1.807, 2.05) is 67.6 Å². The number of hydrogen-bond donors (Lipinski definition) is 0. The van der Waals surface area contributed by atoms with Gasteiger partial charge in [-0.3, -0.25) is 4.79 Å². The number of nitrogens with zero attached hydrogens (tertiary/aromatic N) is 4. The molecule has 30 heavy (non-hydrogen) atoms. The van der Waals surface area contributed by atoms with Crippen molar-refractivity contribution in [2.24, 2.45) is 0 Å². The Morgan fingerprint density at radius 1 is 1.10 bits per heavy atom. The Balaban J connectivity index is 1.34. The maximum Gasteiger partial charge on any atom is 0.306 e. The van der Waals surface area contributed by atoms with Crippen LogP contribution in [0.2, 0.25) is 5.15 Å². The van der Waals surface area contributed by atoms with Crippen LogP contribution >= 0.6 is 11.6 Å². The summed E-state index contributed by atoms with van der Waals surface area (Å²) < 4.78 is 12.2. The number of halogens is 1. The molecule has 0 aliphatic carbocycles. The van der Waals surface area contributed by atoms with Crippen LogP contribution in [0.15, 0.2) is 65.2 Å². The predicted octanol–water partition coefficient (Wildman–Crippen LogP) is 4.56. The van der Waals surface area contributed by atoms with Gasteiger partial charge in [-0.05, 0) is 19.1 Å². The second kappa shape index (κ2) is 8.92. The van der Waals surface area contributed by atoms with E-state index in [0.29, 0.717) is 34.5 Å². The Bertz CT molecular complexity index is 1140. The van der Waals surface area contributed by atoms with Crippen LogP contribution in [-0.2, 0) is 22.6 Å². The minimum absolute atomic E-state index is 0.0510. The Labute approximate surface area is 178 Å². The lowest BCUT2D eigenvalue weighted by Gasteiger charge is -2.05. The number of hydrogen-bond acceptors (Lipinski definition) is 6. The number of esters is 1. The van der Waals surface area contributed by atoms with E-state index >= 15 is 0 Å². The van der Waals surface area contributed by atoms with Gasteiger partial charge in [-0.1, -0.05) is 65.3 Å². The highest BCUT2D eigenvalue weighted by Gasteiger charge is 2.17. The number of para-hydroxylation sites is 1. The van der Waals surface area contributed by atoms with Gasteiger partial charge in [0.2, 0.25) is 11.7 Å². The zero-order valence-electron chi connectivity index (χ0n) is 16.3. The van der Waals surface area contributed by atoms with Crippen LogP contribution in [-0.4, -0.2) is 25.9 Å². The van der Waals surface area contributed by atoms with Crippen molar-refractivity contribution in [2.45, 2.75) is 26.4 Å². The first-order valence-corrected chi connectivity index (χ1v) is 9.82. The first-order valence-electron chi connectivity index (χ1n) is 9.45. The van der Waals surface area contributed by atoms with E-state index < -0.39 is 0 Å². The van der Waals surface area contributed by atoms with Gasteiger partial charge in [0.05, 0.1) is 17.8 Å². The molecular formula is C22H19ClN4O3. The molecule has 0 spiro atoms. The van der Waals surface area contributed by atoms with Crippen molar-refractivity contribution in [1.82, 2.24) is 19.9 Å². The number of aryl methyl sites for hydroxylation is 2. The maximum absolute atomic E-state index is 12.2. The molecule has 0 fully saturated rings. The average molecular weight is 423 g/mol. The number of carbonyl (C=O) groups excluding carboxylic acids is 1. The summed E-state index contributed by atoms with van der Waals surface area (Å²) in [4.78, 5) is 16.5. The molecule has 0 unspecified atom stereocenters. The molecule has 0 bridgehead atoms. The van der Waals surface area contributed by atoms with Crippen molar-refractivity contribution in [3.8, 4) is 17.1 Å². The van der Waals surface area contributed by atoms with Gasteiger partial charge >= 0.3 is 5.97 Å². The predicted molar refractivity (Wildman–Crippen MR) is 111 cm³/mol. The largest absolute Gasteiger partial charge is 0.461 e. The van der Waals surface area contributed by atoms with Crippen LogP contribution in [0.25, 0.3) is 17.1 Å². The second-order valence-electron chi connectivity index (χ2n) is 6.64. The van der Waals surface area contributed by atoms with Crippen LogP contribution < -0.4 is 0 Å². The smallest absolute Gasteiger partial charge is 0.306 e. The maximum atomic E-state index is 12.2. The van der Waals surface area contributed by atoms with Gasteiger partial charge in [-0.2, -0.15) is 10.1 Å². The number of benzene rings is 2. The van der Waals surface area contributed by atoms with Gasteiger partial charge in [0, 0.05) is 17.5 Å². The van der Waals surface area contributed by atoms with E-state index in [1.54, 1.807) is 4.68 Å². The third-order valence-corrected chi connectivity index (χ3v) is 4.93. The van der Waals surface area contributed by atoms with Gasteiger partial charge < -0.3 is 9.26 Å². The molecule has 0 atom stereocenters. The third kappa shape index (κ3) is 4.41. The zero-order chi connectivity index (χ0) is 20.9. The van der Waals surface area contributed by atoms with E-state index in [0.717, 1.165) is 11.3 Å². The number of aromatic nitrogens is 4. The number of ether oxygens (including phenoxy) is 1. The Morgan fingerprint density at radius 2 is 1.80 bits per heavy atom. The highest BCUT2D eigenvalue weighted by molar-refractivity contribution is 6.30. The molecule has 7 nitrogen and oxygen atoms in total. The summed E-state index contributed by atoms with van der Waals surface area (Å²) in [6, 6.07) is 19.0. The topological polar surface area (TPSA) is 83.0 Å². The molecule has 0 aliphatic rings. The summed E-state index contributed by atoms with van der Waals surface area (Å²) in [6.07, 6.45) is 0.425. The molecule has 0 N–H and O–H groups in total. The van der Waals surface area contributed by atoms with E-state index in [2.05, 4.69) is 15.2 Å². The van der Waals surface area contributed by atoms with Crippen LogP contribution in [0, 0.1) is 6.92 Å². The molecule has 0 saturated carbocycles. The molecule has 0 aliphatic heterocycles. The first-order chi connectivity index (χ1) is 14.6. The Kier molecular flexibility index (Phi) is 5.90. The van der Waals surface area contributed by atoms with Crippen molar-refractivity contribution in [3.63, 3.8) is 0 Å². The van der Waals surface area contributed by atoms with Crippen molar-refractivity contribution in [1.29, 1.82) is 0 Å². The summed E-state index contributed by atoms with van der Waals surface area (Å²) in [7, 11) is 0. The van der Waals surface area contributed by atoms with Crippen LogP contribution in [0.5, 0.6) is 0 Å². The van der Waals surface area contributed by atoms with Crippen molar-refractivity contribution < 1.29 is 14.1 Å². The first kappa shape index (κ1) is 19.8. The van der Waals surface area contributed by atoms with Crippen LogP contribution in [0.1, 0.15) is 23.6 Å². The number of carbonyl (C=O) groups is 1. The van der Waals surface area contributed by atoms with E-state index in [9.17, 15) is 4.79 Å². The number of rotatable bonds is 7. The minimum atomic E-state index is -0.377. The highest BCUT2D eigenvalue weighted by atomic mass is 35.5. The van der Waals surface area contributed by atoms with Crippen molar-refractivity contribution in [3.05, 3.63) is 83.0 Å². The second-order valence-corrected chi connectivity index (χ2v) is 7.00. The molecule has 4 aromatic rings. The van der Waals surface area contributed by atoms with Crippen LogP contribution in [0.3, 0.4) is 0 Å². The molecule has 4 rings (SSSR count). The van der Waals surface area contributed by atoms with Gasteiger partial charge in [-0.25, -0.2) is 4.68 Å². The molecular weight excluding hydrogens is 404 g/mol. The molecule has 0 amide bonds. The van der Waals surface area contributed by atoms with E-state index in [4.69, 9.17) is 20.9 Å². The quantitative estimate of drug-likeness (QED) is 0.406. The lowest BCUT2D eigenvalue weighted by atomic mass is 10.2. The van der Waals surface area contributed by atoms with Gasteiger partial charge in [0.1, 0.15) is 11.8 Å². The summed E-state index contributed by atoms with van der Waals surface area (Å²) in [5, 5.41) is 8.82. The molecule has 152 valence electrons. The summed E-state index contributed by atoms with van der Waals surface area (Å²) in [5.41, 5.74) is 3.09. The fourth-order valence-electron chi connectivity index (χ4n) is 2.93. The summed E-state index contributed by atoms with van der Waals surface area (Å²) in [6.45, 7) is 1.88. The molecule has 2 aromatic carbocycles. The minimum Gasteiger partial charge on any atom is -0.461 e. The fraction of sp³-hybridized carbons (Fsp3) is 0.182. The lowest BCUT2D eigenvalue weighted by molar-refractivity contribution is -0.145. The van der Waals surface area contributed by atoms with Crippen molar-refractivity contribution in [2.75, 3.05) is 0 Å².